The normalized spacial score (nSPS) is 14.4. The second kappa shape index (κ2) is 4.35. The van der Waals surface area contributed by atoms with E-state index in [4.69, 9.17) is 5.73 Å². The Morgan fingerprint density at radius 2 is 2.31 bits per heavy atom. The van der Waals surface area contributed by atoms with E-state index in [1.165, 1.54) is 0 Å². The molecular formula is C12H14N2O2. The first kappa shape index (κ1) is 10.7. The van der Waals surface area contributed by atoms with Crippen LogP contribution in [-0.4, -0.2) is 25.3 Å². The summed E-state index contributed by atoms with van der Waals surface area (Å²) in [6, 6.07) is 5.41. The molecule has 84 valence electrons. The highest BCUT2D eigenvalue weighted by Crippen LogP contribution is 2.27. The maximum atomic E-state index is 11.0. The zero-order chi connectivity index (χ0) is 11.5. The van der Waals surface area contributed by atoms with Gasteiger partial charge in [0.05, 0.1) is 6.54 Å². The summed E-state index contributed by atoms with van der Waals surface area (Å²) in [6.07, 6.45) is 2.84. The minimum Gasteiger partial charge on any atom is -0.366 e. The number of carbonyl (C=O) groups is 2. The van der Waals surface area contributed by atoms with Crippen molar-refractivity contribution in [3.8, 4) is 0 Å². The molecule has 0 radical (unpaired) electrons. The Morgan fingerprint density at radius 3 is 3.00 bits per heavy atom. The number of aryl methyl sites for hydroxylation is 1. The molecule has 1 aromatic carbocycles. The average molecular weight is 218 g/mol. The first-order chi connectivity index (χ1) is 7.72. The van der Waals surface area contributed by atoms with E-state index in [-0.39, 0.29) is 0 Å². The number of amides is 1. The van der Waals surface area contributed by atoms with Crippen LogP contribution in [0.15, 0.2) is 18.2 Å². The summed E-state index contributed by atoms with van der Waals surface area (Å²) in [7, 11) is 0. The number of benzene rings is 1. The van der Waals surface area contributed by atoms with Crippen LogP contribution >= 0.6 is 0 Å². The molecule has 0 bridgehead atoms. The van der Waals surface area contributed by atoms with Crippen LogP contribution < -0.4 is 10.6 Å². The number of nitrogens with zero attached hydrogens (tertiary/aromatic N) is 1. The number of nitrogens with two attached hydrogens (primary N) is 1. The number of fused-ring (bicyclic) bond motifs is 1. The second-order valence-corrected chi connectivity index (χ2v) is 3.92. The largest absolute Gasteiger partial charge is 0.366 e. The van der Waals surface area contributed by atoms with E-state index in [1.807, 2.05) is 17.0 Å². The van der Waals surface area contributed by atoms with Crippen molar-refractivity contribution in [1.82, 2.24) is 0 Å². The Balaban J connectivity index is 2.36. The van der Waals surface area contributed by atoms with E-state index in [2.05, 4.69) is 0 Å². The molecule has 1 aromatic rings. The van der Waals surface area contributed by atoms with Gasteiger partial charge in [0.2, 0.25) is 5.91 Å². The number of anilines is 1. The fraction of sp³-hybridized carbons (Fsp3) is 0.333. The van der Waals surface area contributed by atoms with E-state index in [9.17, 15) is 9.59 Å². The van der Waals surface area contributed by atoms with Gasteiger partial charge in [-0.15, -0.1) is 0 Å². The Bertz CT molecular complexity index is 429. The van der Waals surface area contributed by atoms with Crippen molar-refractivity contribution < 1.29 is 9.59 Å². The third-order valence-electron chi connectivity index (χ3n) is 2.87. The fourth-order valence-corrected chi connectivity index (χ4v) is 2.11. The predicted molar refractivity (Wildman–Crippen MR) is 61.6 cm³/mol. The molecule has 0 saturated heterocycles. The summed E-state index contributed by atoms with van der Waals surface area (Å²) >= 11 is 0. The molecule has 0 atom stereocenters. The quantitative estimate of drug-likeness (QED) is 0.761. The van der Waals surface area contributed by atoms with Gasteiger partial charge < -0.3 is 15.4 Å². The van der Waals surface area contributed by atoms with Gasteiger partial charge in [-0.2, -0.15) is 0 Å². The van der Waals surface area contributed by atoms with Gasteiger partial charge in [0.15, 0.2) is 0 Å². The summed E-state index contributed by atoms with van der Waals surface area (Å²) < 4.78 is 0. The highest BCUT2D eigenvalue weighted by molar-refractivity contribution is 5.93. The maximum absolute atomic E-state index is 11.0. The molecule has 4 heteroatoms. The lowest BCUT2D eigenvalue weighted by Gasteiger charge is -2.29. The lowest BCUT2D eigenvalue weighted by atomic mass is 9.99. The first-order valence-electron chi connectivity index (χ1n) is 5.33. The minimum atomic E-state index is -0.407. The minimum absolute atomic E-state index is 0.406. The van der Waals surface area contributed by atoms with Gasteiger partial charge in [0.25, 0.3) is 0 Å². The molecule has 0 aromatic heterocycles. The Kier molecular flexibility index (Phi) is 2.90. The number of hydrogen-bond acceptors (Lipinski definition) is 3. The van der Waals surface area contributed by atoms with E-state index in [0.29, 0.717) is 12.1 Å². The molecule has 0 fully saturated rings. The van der Waals surface area contributed by atoms with Crippen molar-refractivity contribution in [3.63, 3.8) is 0 Å². The van der Waals surface area contributed by atoms with Crippen molar-refractivity contribution in [2.45, 2.75) is 12.8 Å². The van der Waals surface area contributed by atoms with E-state index in [0.717, 1.165) is 36.9 Å². The first-order valence-corrected chi connectivity index (χ1v) is 5.33. The zero-order valence-electron chi connectivity index (χ0n) is 8.98. The predicted octanol–water partition coefficient (Wildman–Crippen LogP) is 0.737. The Hall–Kier alpha value is -1.84. The third-order valence-corrected chi connectivity index (χ3v) is 2.87. The highest BCUT2D eigenvalue weighted by Gasteiger charge is 2.17. The summed E-state index contributed by atoms with van der Waals surface area (Å²) in [4.78, 5) is 23.6. The summed E-state index contributed by atoms with van der Waals surface area (Å²) in [5.41, 5.74) is 7.91. The van der Waals surface area contributed by atoms with Crippen LogP contribution in [0, 0.1) is 0 Å². The standard InChI is InChI=1S/C12H14N2O2/c13-12(16)10-3-4-11-9(8-10)2-1-5-14(11)6-7-15/h3-4,7-8H,1-2,5-6H2,(H2,13,16). The smallest absolute Gasteiger partial charge is 0.248 e. The Labute approximate surface area is 94.0 Å². The lowest BCUT2D eigenvalue weighted by molar-refractivity contribution is -0.106. The average Bonchev–Trinajstić information content (AvgIpc) is 2.29. The van der Waals surface area contributed by atoms with Crippen molar-refractivity contribution in [1.29, 1.82) is 0 Å². The van der Waals surface area contributed by atoms with Crippen molar-refractivity contribution in [2.75, 3.05) is 18.0 Å². The molecule has 4 nitrogen and oxygen atoms in total. The molecular weight excluding hydrogens is 204 g/mol. The van der Waals surface area contributed by atoms with Gasteiger partial charge in [-0.25, -0.2) is 0 Å². The van der Waals surface area contributed by atoms with E-state index >= 15 is 0 Å². The SMILES string of the molecule is NC(=O)c1ccc2c(c1)CCCN2CC=O. The molecule has 0 spiro atoms. The number of carbonyl (C=O) groups excluding carboxylic acids is 2. The fourth-order valence-electron chi connectivity index (χ4n) is 2.11. The molecule has 0 aliphatic carbocycles. The molecule has 0 saturated carbocycles. The molecule has 1 aliphatic heterocycles. The number of primary amides is 1. The molecule has 2 rings (SSSR count). The van der Waals surface area contributed by atoms with E-state index < -0.39 is 5.91 Å². The molecule has 1 aliphatic rings. The lowest BCUT2D eigenvalue weighted by Crippen LogP contribution is -2.31. The zero-order valence-corrected chi connectivity index (χ0v) is 8.98. The van der Waals surface area contributed by atoms with Crippen LogP contribution in [0.25, 0.3) is 0 Å². The van der Waals surface area contributed by atoms with Crippen LogP contribution in [0.1, 0.15) is 22.3 Å². The number of hydrogen-bond donors (Lipinski definition) is 1. The topological polar surface area (TPSA) is 63.4 Å². The van der Waals surface area contributed by atoms with Gasteiger partial charge in [-0.05, 0) is 36.6 Å². The number of aldehydes is 1. The van der Waals surface area contributed by atoms with Gasteiger partial charge in [-0.3, -0.25) is 4.79 Å². The van der Waals surface area contributed by atoms with Crippen molar-refractivity contribution in [3.05, 3.63) is 29.3 Å². The van der Waals surface area contributed by atoms with Crippen molar-refractivity contribution in [2.24, 2.45) is 5.73 Å². The van der Waals surface area contributed by atoms with Crippen LogP contribution in [-0.2, 0) is 11.2 Å². The monoisotopic (exact) mass is 218 g/mol. The molecule has 1 amide bonds. The van der Waals surface area contributed by atoms with Crippen molar-refractivity contribution >= 4 is 17.9 Å². The van der Waals surface area contributed by atoms with Gasteiger partial charge in [0, 0.05) is 17.8 Å². The maximum Gasteiger partial charge on any atom is 0.248 e. The van der Waals surface area contributed by atoms with E-state index in [1.54, 1.807) is 6.07 Å². The summed E-state index contributed by atoms with van der Waals surface area (Å²) in [5, 5.41) is 0. The van der Waals surface area contributed by atoms with Gasteiger partial charge in [-0.1, -0.05) is 0 Å². The molecule has 2 N–H and O–H groups in total. The summed E-state index contributed by atoms with van der Waals surface area (Å²) in [6.45, 7) is 1.30. The van der Waals surface area contributed by atoms with Crippen LogP contribution in [0.4, 0.5) is 5.69 Å². The second-order valence-electron chi connectivity index (χ2n) is 3.92. The van der Waals surface area contributed by atoms with Crippen LogP contribution in [0.5, 0.6) is 0 Å². The van der Waals surface area contributed by atoms with Crippen LogP contribution in [0.3, 0.4) is 0 Å². The van der Waals surface area contributed by atoms with Gasteiger partial charge >= 0.3 is 0 Å². The van der Waals surface area contributed by atoms with Gasteiger partial charge in [0.1, 0.15) is 6.29 Å². The number of rotatable bonds is 3. The molecule has 0 unspecified atom stereocenters. The molecule has 16 heavy (non-hydrogen) atoms. The third kappa shape index (κ3) is 1.91. The highest BCUT2D eigenvalue weighted by atomic mass is 16.1. The Morgan fingerprint density at radius 1 is 1.50 bits per heavy atom. The van der Waals surface area contributed by atoms with Crippen LogP contribution in [0.2, 0.25) is 0 Å². The molecule has 1 heterocycles. The summed E-state index contributed by atoms with van der Waals surface area (Å²) in [5.74, 6) is -0.407.